The molecule has 0 fully saturated rings. The second-order valence-corrected chi connectivity index (χ2v) is 11.9. The molecule has 8 nitrogen and oxygen atoms in total. The monoisotopic (exact) mass is 602 g/mol. The van der Waals surface area contributed by atoms with Crippen LogP contribution in [0.15, 0.2) is 84.3 Å². The van der Waals surface area contributed by atoms with E-state index in [1.54, 1.807) is 18.0 Å². The summed E-state index contributed by atoms with van der Waals surface area (Å²) in [7, 11) is -1.33. The number of carbonyl (C=O) groups excluding carboxylic acids is 1. The number of nitrogens with two attached hydrogens (primary N) is 2. The summed E-state index contributed by atoms with van der Waals surface area (Å²) in [6, 6.07) is 17.6. The van der Waals surface area contributed by atoms with E-state index in [0.29, 0.717) is 44.3 Å². The minimum Gasteiger partial charge on any atom is -0.490 e. The first-order valence-corrected chi connectivity index (χ1v) is 15.7. The molecule has 3 aromatic carbocycles. The molecule has 43 heavy (non-hydrogen) atoms. The first-order valence-electron chi connectivity index (χ1n) is 14.6. The SMILES string of the molecule is C=CCOc1ccc(S(=O)N2CCc3ccc(C(CC(=O)OCC)c4ccc(N(N)C/C=C/C)c(N)c4C)cc3C2)cc1. The normalized spacial score (nSPS) is 14.6. The Hall–Kier alpha value is -3.92. The van der Waals surface area contributed by atoms with E-state index in [2.05, 4.69) is 24.8 Å². The topological polar surface area (TPSA) is 111 Å². The molecule has 4 N–H and O–H groups in total. The minimum atomic E-state index is -1.33. The van der Waals surface area contributed by atoms with Crippen molar-refractivity contribution < 1.29 is 18.5 Å². The van der Waals surface area contributed by atoms with Gasteiger partial charge in [-0.1, -0.05) is 49.1 Å². The van der Waals surface area contributed by atoms with Crippen molar-refractivity contribution in [3.63, 3.8) is 0 Å². The van der Waals surface area contributed by atoms with Crippen molar-refractivity contribution in [1.82, 2.24) is 4.31 Å². The fourth-order valence-corrected chi connectivity index (χ4v) is 6.52. The van der Waals surface area contributed by atoms with Crippen molar-refractivity contribution in [3.05, 3.63) is 107 Å². The van der Waals surface area contributed by atoms with Crippen molar-refractivity contribution in [2.45, 2.75) is 51.0 Å². The zero-order valence-electron chi connectivity index (χ0n) is 25.3. The Labute approximate surface area is 257 Å². The molecule has 0 amide bonds. The summed E-state index contributed by atoms with van der Waals surface area (Å²) in [5.74, 6) is 6.44. The standard InChI is InChI=1S/C34H42N4O4S/c1-5-8-18-38(36)32-16-15-30(24(4)34(32)35)31(22-33(39)41-7-3)26-10-9-25-17-19-37(23-27(25)21-26)43(40)29-13-11-28(12-14-29)42-20-6-2/h5-6,8-16,21,31H,2,7,17-20,22-23,35-36H2,1,3-4H3/b8-5+. The molecule has 9 heteroatoms. The van der Waals surface area contributed by atoms with E-state index in [-0.39, 0.29) is 18.3 Å². The summed E-state index contributed by atoms with van der Waals surface area (Å²) in [5.41, 5.74) is 13.0. The molecule has 4 rings (SSSR count). The van der Waals surface area contributed by atoms with Gasteiger partial charge in [0.25, 0.3) is 0 Å². The van der Waals surface area contributed by atoms with E-state index < -0.39 is 11.0 Å². The second kappa shape index (κ2) is 15.0. The highest BCUT2D eigenvalue weighted by molar-refractivity contribution is 7.82. The Balaban J connectivity index is 1.63. The first-order chi connectivity index (χ1) is 20.8. The summed E-state index contributed by atoms with van der Waals surface area (Å²) < 4.78 is 26.4. The van der Waals surface area contributed by atoms with Crippen molar-refractivity contribution >= 4 is 28.3 Å². The summed E-state index contributed by atoms with van der Waals surface area (Å²) >= 11 is 0. The number of esters is 1. The second-order valence-electron chi connectivity index (χ2n) is 10.5. The highest BCUT2D eigenvalue weighted by atomic mass is 32.2. The molecular formula is C34H42N4O4S. The van der Waals surface area contributed by atoms with E-state index >= 15 is 0 Å². The van der Waals surface area contributed by atoms with Gasteiger partial charge in [0.2, 0.25) is 0 Å². The Kier molecular flexibility index (Phi) is 11.2. The Morgan fingerprint density at radius 1 is 1.16 bits per heavy atom. The maximum atomic E-state index is 13.5. The number of anilines is 2. The first kappa shape index (κ1) is 32.0. The van der Waals surface area contributed by atoms with Crippen LogP contribution in [0.25, 0.3) is 0 Å². The Morgan fingerprint density at radius 3 is 2.63 bits per heavy atom. The number of allylic oxidation sites excluding steroid dienone is 1. The summed E-state index contributed by atoms with van der Waals surface area (Å²) in [4.78, 5) is 13.5. The van der Waals surface area contributed by atoms with Crippen LogP contribution in [0.2, 0.25) is 0 Å². The third-order valence-corrected chi connectivity index (χ3v) is 9.13. The quantitative estimate of drug-likeness (QED) is 0.0866. The largest absolute Gasteiger partial charge is 0.490 e. The molecule has 2 atom stereocenters. The van der Waals surface area contributed by atoms with Crippen LogP contribution in [0.3, 0.4) is 0 Å². The number of fused-ring (bicyclic) bond motifs is 1. The Bertz CT molecular complexity index is 1490. The number of nitrogens with zero attached hydrogens (tertiary/aromatic N) is 2. The molecule has 0 radical (unpaired) electrons. The fraction of sp³-hybridized carbons (Fsp3) is 0.324. The molecule has 1 aliphatic rings. The lowest BCUT2D eigenvalue weighted by atomic mass is 9.83. The predicted molar refractivity (Wildman–Crippen MR) is 174 cm³/mol. The maximum Gasteiger partial charge on any atom is 0.306 e. The van der Waals surface area contributed by atoms with Gasteiger partial charge in [-0.15, -0.1) is 0 Å². The number of nitrogen functional groups attached to an aromatic ring is 1. The molecule has 0 aliphatic carbocycles. The number of ether oxygens (including phenoxy) is 2. The van der Waals surface area contributed by atoms with Crippen LogP contribution in [0, 0.1) is 6.92 Å². The van der Waals surface area contributed by atoms with Gasteiger partial charge in [0.1, 0.15) is 23.3 Å². The van der Waals surface area contributed by atoms with Crippen LogP contribution in [0.4, 0.5) is 11.4 Å². The van der Waals surface area contributed by atoms with Crippen molar-refractivity contribution in [1.29, 1.82) is 0 Å². The third-order valence-electron chi connectivity index (χ3n) is 7.67. The van der Waals surface area contributed by atoms with Gasteiger partial charge in [0.05, 0.1) is 35.8 Å². The summed E-state index contributed by atoms with van der Waals surface area (Å²) in [6.07, 6.45) is 6.55. The third kappa shape index (κ3) is 7.73. The highest BCUT2D eigenvalue weighted by Gasteiger charge is 2.27. The molecule has 0 bridgehead atoms. The molecule has 0 aromatic heterocycles. The van der Waals surface area contributed by atoms with Crippen LogP contribution in [0.1, 0.15) is 54.0 Å². The van der Waals surface area contributed by atoms with E-state index in [1.165, 1.54) is 5.56 Å². The van der Waals surface area contributed by atoms with E-state index in [0.717, 1.165) is 39.3 Å². The van der Waals surface area contributed by atoms with Crippen molar-refractivity contribution in [3.8, 4) is 5.75 Å². The average Bonchev–Trinajstić information content (AvgIpc) is 3.02. The molecule has 3 aromatic rings. The highest BCUT2D eigenvalue weighted by Crippen LogP contribution is 2.38. The molecule has 228 valence electrons. The lowest BCUT2D eigenvalue weighted by Crippen LogP contribution is -2.32. The molecule has 1 aliphatic heterocycles. The van der Waals surface area contributed by atoms with Gasteiger partial charge in [0.15, 0.2) is 0 Å². The zero-order chi connectivity index (χ0) is 30.9. The molecule has 1 heterocycles. The summed E-state index contributed by atoms with van der Waals surface area (Å²) in [6.45, 7) is 11.9. The number of rotatable bonds is 13. The average molecular weight is 603 g/mol. The number of hydrogen-bond acceptors (Lipinski definition) is 7. The van der Waals surface area contributed by atoms with Gasteiger partial charge >= 0.3 is 5.97 Å². The Morgan fingerprint density at radius 2 is 1.93 bits per heavy atom. The fourth-order valence-electron chi connectivity index (χ4n) is 5.34. The summed E-state index contributed by atoms with van der Waals surface area (Å²) in [5, 5.41) is 1.61. The number of hydrazine groups is 1. The number of benzene rings is 3. The molecule has 0 saturated heterocycles. The zero-order valence-corrected chi connectivity index (χ0v) is 26.1. The van der Waals surface area contributed by atoms with Gasteiger partial charge in [0, 0.05) is 19.0 Å². The van der Waals surface area contributed by atoms with Gasteiger partial charge in [-0.25, -0.2) is 14.4 Å². The van der Waals surface area contributed by atoms with Crippen LogP contribution >= 0.6 is 0 Å². The van der Waals surface area contributed by atoms with Crippen LogP contribution in [-0.4, -0.2) is 40.8 Å². The molecular weight excluding hydrogens is 560 g/mol. The van der Waals surface area contributed by atoms with E-state index in [9.17, 15) is 9.00 Å². The van der Waals surface area contributed by atoms with E-state index in [1.807, 2.05) is 66.7 Å². The smallest absolute Gasteiger partial charge is 0.306 e. The van der Waals surface area contributed by atoms with Gasteiger partial charge in [-0.3, -0.25) is 4.79 Å². The number of carbonyl (C=O) groups is 1. The van der Waals surface area contributed by atoms with Crippen molar-refractivity contribution in [2.75, 3.05) is 37.0 Å². The van der Waals surface area contributed by atoms with Crippen molar-refractivity contribution in [2.24, 2.45) is 5.84 Å². The molecule has 0 saturated carbocycles. The van der Waals surface area contributed by atoms with Gasteiger partial charge in [-0.2, -0.15) is 0 Å². The van der Waals surface area contributed by atoms with Crippen LogP contribution in [-0.2, 0) is 33.5 Å². The van der Waals surface area contributed by atoms with Crippen LogP contribution < -0.4 is 21.3 Å². The minimum absolute atomic E-state index is 0.174. The predicted octanol–water partition coefficient (Wildman–Crippen LogP) is 5.56. The van der Waals surface area contributed by atoms with Gasteiger partial charge in [-0.05, 0) is 85.3 Å². The van der Waals surface area contributed by atoms with Crippen LogP contribution in [0.5, 0.6) is 5.75 Å². The number of hydrogen-bond donors (Lipinski definition) is 2. The maximum absolute atomic E-state index is 13.5. The van der Waals surface area contributed by atoms with Gasteiger partial charge < -0.3 is 20.2 Å². The lowest BCUT2D eigenvalue weighted by Gasteiger charge is -2.29. The lowest BCUT2D eigenvalue weighted by molar-refractivity contribution is -0.143. The molecule has 0 spiro atoms. The molecule has 2 unspecified atom stereocenters. The van der Waals surface area contributed by atoms with E-state index in [4.69, 9.17) is 21.1 Å².